The Balaban J connectivity index is 2.59. The molecule has 2 aromatic rings. The molecule has 70 valence electrons. The van der Waals surface area contributed by atoms with E-state index in [4.69, 9.17) is 0 Å². The number of benzene rings is 1. The molecular weight excluding hydrogens is 180 g/mol. The molecule has 0 saturated carbocycles. The van der Waals surface area contributed by atoms with Crippen LogP contribution in [0.15, 0.2) is 36.7 Å². The van der Waals surface area contributed by atoms with Crippen LogP contribution in [0.2, 0.25) is 0 Å². The van der Waals surface area contributed by atoms with Gasteiger partial charge in [0.1, 0.15) is 0 Å². The first-order chi connectivity index (χ1) is 6.77. The van der Waals surface area contributed by atoms with Gasteiger partial charge in [0.25, 0.3) is 0 Å². The summed E-state index contributed by atoms with van der Waals surface area (Å²) in [6, 6.07) is 7.27. The van der Waals surface area contributed by atoms with Gasteiger partial charge in [0.05, 0.1) is 0 Å². The van der Waals surface area contributed by atoms with E-state index in [9.17, 15) is 10.1 Å². The first kappa shape index (κ1) is 8.62. The summed E-state index contributed by atoms with van der Waals surface area (Å²) >= 11 is 0. The molecule has 0 fully saturated rings. The predicted molar refractivity (Wildman–Crippen MR) is 52.4 cm³/mol. The van der Waals surface area contributed by atoms with Gasteiger partial charge in [0.15, 0.2) is 0 Å². The van der Waals surface area contributed by atoms with Gasteiger partial charge >= 0.3 is 0 Å². The minimum atomic E-state index is -0.324. The van der Waals surface area contributed by atoms with Crippen molar-refractivity contribution in [3.05, 3.63) is 52.3 Å². The largest absolute Gasteiger partial charge is 0.264 e. The first-order valence-electron chi connectivity index (χ1n) is 4.21. The van der Waals surface area contributed by atoms with Crippen molar-refractivity contribution >= 4 is 10.8 Å². The van der Waals surface area contributed by atoms with Crippen molar-refractivity contribution in [1.82, 2.24) is 4.98 Å². The van der Waals surface area contributed by atoms with Crippen molar-refractivity contribution in [3.8, 4) is 0 Å². The van der Waals surface area contributed by atoms with Gasteiger partial charge in [-0.3, -0.25) is 15.1 Å². The second-order valence-electron chi connectivity index (χ2n) is 3.00. The average molecular weight is 188 g/mol. The van der Waals surface area contributed by atoms with Crippen LogP contribution in [-0.4, -0.2) is 9.91 Å². The molecule has 0 aliphatic carbocycles. The van der Waals surface area contributed by atoms with Crippen LogP contribution < -0.4 is 0 Å². The minimum absolute atomic E-state index is 0.138. The number of pyridine rings is 1. The van der Waals surface area contributed by atoms with Crippen LogP contribution in [0.1, 0.15) is 5.56 Å². The SMILES string of the molecule is O=[N+]([O-])Cc1cccc2cnccc12. The van der Waals surface area contributed by atoms with E-state index in [0.717, 1.165) is 16.3 Å². The van der Waals surface area contributed by atoms with E-state index >= 15 is 0 Å². The maximum absolute atomic E-state index is 10.4. The van der Waals surface area contributed by atoms with E-state index in [1.807, 2.05) is 12.1 Å². The van der Waals surface area contributed by atoms with Gasteiger partial charge in [-0.25, -0.2) is 0 Å². The Bertz CT molecular complexity index is 477. The van der Waals surface area contributed by atoms with Crippen LogP contribution in [0.3, 0.4) is 0 Å². The highest BCUT2D eigenvalue weighted by atomic mass is 16.6. The molecule has 0 unspecified atom stereocenters. The van der Waals surface area contributed by atoms with Gasteiger partial charge in [-0.05, 0) is 11.5 Å². The van der Waals surface area contributed by atoms with Gasteiger partial charge in [-0.2, -0.15) is 0 Å². The van der Waals surface area contributed by atoms with Gasteiger partial charge < -0.3 is 0 Å². The standard InChI is InChI=1S/C10H8N2O2/c13-12(14)7-9-3-1-2-8-6-11-5-4-10(8)9/h1-6H,7H2. The lowest BCUT2D eigenvalue weighted by molar-refractivity contribution is -0.496. The highest BCUT2D eigenvalue weighted by molar-refractivity contribution is 5.84. The van der Waals surface area contributed by atoms with E-state index < -0.39 is 0 Å². The number of rotatable bonds is 2. The van der Waals surface area contributed by atoms with Crippen molar-refractivity contribution in [1.29, 1.82) is 0 Å². The van der Waals surface area contributed by atoms with Crippen LogP contribution in [0.25, 0.3) is 10.8 Å². The molecule has 0 radical (unpaired) electrons. The molecular formula is C10H8N2O2. The minimum Gasteiger partial charge on any atom is -0.264 e. The molecule has 0 amide bonds. The summed E-state index contributed by atoms with van der Waals surface area (Å²) in [5.74, 6) is 0. The van der Waals surface area contributed by atoms with Crippen molar-refractivity contribution in [3.63, 3.8) is 0 Å². The lowest BCUT2D eigenvalue weighted by Gasteiger charge is -2.00. The second-order valence-corrected chi connectivity index (χ2v) is 3.00. The Morgan fingerprint density at radius 2 is 2.21 bits per heavy atom. The Labute approximate surface area is 80.4 Å². The van der Waals surface area contributed by atoms with Crippen molar-refractivity contribution in [2.75, 3.05) is 0 Å². The van der Waals surface area contributed by atoms with Crippen LogP contribution in [-0.2, 0) is 6.54 Å². The third-order valence-corrected chi connectivity index (χ3v) is 2.07. The summed E-state index contributed by atoms with van der Waals surface area (Å²) in [6.45, 7) is -0.138. The van der Waals surface area contributed by atoms with Gasteiger partial charge in [-0.1, -0.05) is 18.2 Å². The van der Waals surface area contributed by atoms with E-state index in [-0.39, 0.29) is 11.5 Å². The summed E-state index contributed by atoms with van der Waals surface area (Å²) < 4.78 is 0. The number of hydrogen-bond donors (Lipinski definition) is 0. The van der Waals surface area contributed by atoms with Crippen molar-refractivity contribution in [2.45, 2.75) is 6.54 Å². The van der Waals surface area contributed by atoms with Crippen molar-refractivity contribution in [2.24, 2.45) is 0 Å². The number of fused-ring (bicyclic) bond motifs is 1. The van der Waals surface area contributed by atoms with E-state index in [1.54, 1.807) is 24.5 Å². The molecule has 1 aromatic carbocycles. The fourth-order valence-electron chi connectivity index (χ4n) is 1.47. The third-order valence-electron chi connectivity index (χ3n) is 2.07. The number of nitro groups is 1. The molecule has 0 saturated heterocycles. The number of hydrogen-bond acceptors (Lipinski definition) is 3. The Morgan fingerprint density at radius 3 is 3.00 bits per heavy atom. The highest BCUT2D eigenvalue weighted by Gasteiger charge is 2.05. The molecule has 4 nitrogen and oxygen atoms in total. The van der Waals surface area contributed by atoms with E-state index in [1.165, 1.54) is 0 Å². The summed E-state index contributed by atoms with van der Waals surface area (Å²) in [4.78, 5) is 14.0. The highest BCUT2D eigenvalue weighted by Crippen LogP contribution is 2.17. The molecule has 2 rings (SSSR count). The summed E-state index contributed by atoms with van der Waals surface area (Å²) in [7, 11) is 0. The lowest BCUT2D eigenvalue weighted by atomic mass is 10.1. The Hall–Kier alpha value is -1.97. The molecule has 0 aliphatic heterocycles. The fourth-order valence-corrected chi connectivity index (χ4v) is 1.47. The fraction of sp³-hybridized carbons (Fsp3) is 0.100. The smallest absolute Gasteiger partial charge is 0.229 e. The van der Waals surface area contributed by atoms with Crippen LogP contribution in [0, 0.1) is 10.1 Å². The third kappa shape index (κ3) is 1.54. The van der Waals surface area contributed by atoms with Crippen molar-refractivity contribution < 1.29 is 4.92 Å². The molecule has 0 bridgehead atoms. The van der Waals surface area contributed by atoms with Gasteiger partial charge in [0, 0.05) is 28.3 Å². The molecule has 0 aliphatic rings. The molecule has 1 heterocycles. The average Bonchev–Trinajstić information content (AvgIpc) is 2.18. The van der Waals surface area contributed by atoms with Gasteiger partial charge in [-0.15, -0.1) is 0 Å². The maximum Gasteiger partial charge on any atom is 0.229 e. The molecule has 4 heteroatoms. The second kappa shape index (κ2) is 3.41. The zero-order chi connectivity index (χ0) is 9.97. The summed E-state index contributed by atoms with van der Waals surface area (Å²) in [5, 5.41) is 12.2. The quantitative estimate of drug-likeness (QED) is 0.535. The zero-order valence-electron chi connectivity index (χ0n) is 7.38. The molecule has 0 N–H and O–H groups in total. The monoisotopic (exact) mass is 188 g/mol. The van der Waals surface area contributed by atoms with E-state index in [2.05, 4.69) is 4.98 Å². The first-order valence-corrected chi connectivity index (χ1v) is 4.21. The zero-order valence-corrected chi connectivity index (χ0v) is 7.38. The lowest BCUT2D eigenvalue weighted by Crippen LogP contribution is -1.98. The Morgan fingerprint density at radius 1 is 1.36 bits per heavy atom. The summed E-state index contributed by atoms with van der Waals surface area (Å²) in [5.41, 5.74) is 0.731. The Kier molecular flexibility index (Phi) is 2.10. The van der Waals surface area contributed by atoms with E-state index in [0.29, 0.717) is 0 Å². The predicted octanol–water partition coefficient (Wildman–Crippen LogP) is 2.01. The van der Waals surface area contributed by atoms with Crippen LogP contribution in [0.5, 0.6) is 0 Å². The van der Waals surface area contributed by atoms with Gasteiger partial charge in [0.2, 0.25) is 6.54 Å². The number of nitrogens with zero attached hydrogens (tertiary/aromatic N) is 2. The molecule has 0 atom stereocenters. The maximum atomic E-state index is 10.4. The topological polar surface area (TPSA) is 56.0 Å². The molecule has 1 aromatic heterocycles. The van der Waals surface area contributed by atoms with Crippen LogP contribution in [0.4, 0.5) is 0 Å². The molecule has 0 spiro atoms. The normalized spacial score (nSPS) is 10.3. The van der Waals surface area contributed by atoms with Crippen LogP contribution >= 0.6 is 0 Å². The molecule has 14 heavy (non-hydrogen) atoms. The summed E-state index contributed by atoms with van der Waals surface area (Å²) in [6.07, 6.45) is 3.35. The number of aromatic nitrogens is 1.